The number of nitrogens with one attached hydrogen (secondary N) is 1. The molecule has 1 amide bonds. The van der Waals surface area contributed by atoms with Crippen molar-refractivity contribution in [2.24, 2.45) is 0 Å². The molecule has 3 aromatic carbocycles. The molecule has 5 aromatic rings. The van der Waals surface area contributed by atoms with Crippen LogP contribution in [-0.4, -0.2) is 28.1 Å². The van der Waals surface area contributed by atoms with E-state index in [1.54, 1.807) is 19.2 Å². The maximum Gasteiger partial charge on any atom is 0.257 e. The molecule has 2 heterocycles. The number of rotatable bonds is 9. The molecule has 5 rings (SSSR count). The van der Waals surface area contributed by atoms with Gasteiger partial charge in [0.2, 0.25) is 11.8 Å². The summed E-state index contributed by atoms with van der Waals surface area (Å²) in [6.45, 7) is 0. The number of hydrogen-bond acceptors (Lipinski definition) is 8. The molecule has 8 nitrogen and oxygen atoms in total. The Bertz CT molecular complexity index is 1390. The minimum absolute atomic E-state index is 0.0263. The number of amides is 1. The first kappa shape index (κ1) is 23.4. The third-order valence-corrected chi connectivity index (χ3v) is 6.03. The van der Waals surface area contributed by atoms with Crippen LogP contribution in [0.4, 0.5) is 5.69 Å². The lowest BCUT2D eigenvalue weighted by Gasteiger charge is -2.08. The van der Waals surface area contributed by atoms with Crippen LogP contribution in [0, 0.1) is 0 Å². The van der Waals surface area contributed by atoms with Crippen molar-refractivity contribution in [3.8, 4) is 28.3 Å². The number of para-hydroxylation sites is 2. The van der Waals surface area contributed by atoms with Crippen LogP contribution in [0.25, 0.3) is 22.6 Å². The van der Waals surface area contributed by atoms with Gasteiger partial charge in [0.25, 0.3) is 5.22 Å². The Morgan fingerprint density at radius 1 is 0.917 bits per heavy atom. The van der Waals surface area contributed by atoms with Gasteiger partial charge in [0.15, 0.2) is 11.6 Å². The second-order valence-electron chi connectivity index (χ2n) is 7.71. The molecule has 180 valence electrons. The van der Waals surface area contributed by atoms with Crippen molar-refractivity contribution in [2.45, 2.75) is 17.4 Å². The first-order chi connectivity index (χ1) is 17.7. The predicted octanol–water partition coefficient (Wildman–Crippen LogP) is 5.87. The fourth-order valence-electron chi connectivity index (χ4n) is 3.57. The molecule has 0 fully saturated rings. The molecule has 1 N–H and O–H groups in total. The second-order valence-corrected chi connectivity index (χ2v) is 8.63. The molecular weight excluding hydrogens is 476 g/mol. The summed E-state index contributed by atoms with van der Waals surface area (Å²) in [6.07, 6.45) is -0.0263. The first-order valence-electron chi connectivity index (χ1n) is 11.2. The molecule has 36 heavy (non-hydrogen) atoms. The Morgan fingerprint density at radius 2 is 1.61 bits per heavy atom. The summed E-state index contributed by atoms with van der Waals surface area (Å²) in [6, 6.07) is 26.9. The summed E-state index contributed by atoms with van der Waals surface area (Å²) in [5.41, 5.74) is 3.25. The topological polar surface area (TPSA) is 103 Å². The van der Waals surface area contributed by atoms with Gasteiger partial charge in [0.05, 0.1) is 25.0 Å². The predicted molar refractivity (Wildman–Crippen MR) is 137 cm³/mol. The van der Waals surface area contributed by atoms with Gasteiger partial charge >= 0.3 is 0 Å². The molecule has 0 bridgehead atoms. The molecule has 0 radical (unpaired) electrons. The van der Waals surface area contributed by atoms with Crippen molar-refractivity contribution >= 4 is 23.4 Å². The van der Waals surface area contributed by atoms with E-state index in [1.165, 1.54) is 11.8 Å². The maximum absolute atomic E-state index is 12.4. The van der Waals surface area contributed by atoms with Crippen LogP contribution in [-0.2, 0) is 17.0 Å². The number of thioether (sulfide) groups is 1. The summed E-state index contributed by atoms with van der Waals surface area (Å²) in [5.74, 6) is 2.02. The molecule has 0 aliphatic carbocycles. The molecule has 2 aromatic heterocycles. The minimum Gasteiger partial charge on any atom is -0.495 e. The number of methoxy groups -OCH3 is 1. The number of hydrogen-bond donors (Lipinski definition) is 1. The molecule has 0 unspecified atom stereocenters. The van der Waals surface area contributed by atoms with Crippen molar-refractivity contribution < 1.29 is 18.5 Å². The molecule has 0 atom stereocenters. The molecule has 0 aliphatic rings. The number of nitrogens with zero attached hydrogens (tertiary/aromatic N) is 3. The van der Waals surface area contributed by atoms with Gasteiger partial charge in [-0.05, 0) is 12.1 Å². The van der Waals surface area contributed by atoms with Crippen molar-refractivity contribution in [3.63, 3.8) is 0 Å². The van der Waals surface area contributed by atoms with Gasteiger partial charge in [-0.25, -0.2) is 4.98 Å². The van der Waals surface area contributed by atoms with Crippen LogP contribution in [0.1, 0.15) is 11.7 Å². The maximum atomic E-state index is 12.4. The van der Waals surface area contributed by atoms with E-state index < -0.39 is 0 Å². The van der Waals surface area contributed by atoms with E-state index in [0.29, 0.717) is 39.9 Å². The van der Waals surface area contributed by atoms with E-state index in [0.717, 1.165) is 16.8 Å². The Labute approximate surface area is 211 Å². The third kappa shape index (κ3) is 5.47. The Balaban J connectivity index is 1.26. The highest BCUT2D eigenvalue weighted by Crippen LogP contribution is 2.36. The van der Waals surface area contributed by atoms with Crippen molar-refractivity contribution in [1.29, 1.82) is 0 Å². The van der Waals surface area contributed by atoms with Gasteiger partial charge in [0.1, 0.15) is 11.4 Å². The van der Waals surface area contributed by atoms with Gasteiger partial charge in [-0.15, -0.1) is 0 Å². The van der Waals surface area contributed by atoms with Gasteiger partial charge < -0.3 is 19.0 Å². The average Bonchev–Trinajstić information content (AvgIpc) is 3.56. The van der Waals surface area contributed by atoms with Crippen molar-refractivity contribution in [2.75, 3.05) is 12.4 Å². The normalized spacial score (nSPS) is 10.8. The van der Waals surface area contributed by atoms with E-state index in [-0.39, 0.29) is 12.3 Å². The summed E-state index contributed by atoms with van der Waals surface area (Å²) in [4.78, 5) is 21.5. The van der Waals surface area contributed by atoms with E-state index in [9.17, 15) is 4.79 Å². The van der Waals surface area contributed by atoms with Crippen LogP contribution in [0.5, 0.6) is 5.75 Å². The molecule has 9 heteroatoms. The fourth-order valence-corrected chi connectivity index (χ4v) is 4.23. The second kappa shape index (κ2) is 10.9. The standard InChI is InChI=1S/C27H22N4O4S/c1-33-21-15-9-8-14-20(21)28-23(32)16-22-29-24(35-31-22)17-36-27-30-25(18-10-4-2-5-11-18)26(34-27)19-12-6-3-7-13-19/h2-15H,16-17H2,1H3,(H,28,32). The summed E-state index contributed by atoms with van der Waals surface area (Å²) < 4.78 is 16.7. The van der Waals surface area contributed by atoms with Crippen molar-refractivity contribution in [1.82, 2.24) is 15.1 Å². The number of carbonyl (C=O) groups is 1. The van der Waals surface area contributed by atoms with Gasteiger partial charge in [-0.1, -0.05) is 89.7 Å². The molecule has 0 spiro atoms. The SMILES string of the molecule is COc1ccccc1NC(=O)Cc1noc(CSc2nc(-c3ccccc3)c(-c3ccccc3)o2)n1. The summed E-state index contributed by atoms with van der Waals surface area (Å²) in [7, 11) is 1.55. The summed E-state index contributed by atoms with van der Waals surface area (Å²) in [5, 5.41) is 7.22. The smallest absolute Gasteiger partial charge is 0.257 e. The van der Waals surface area contributed by atoms with Crippen LogP contribution >= 0.6 is 11.8 Å². The van der Waals surface area contributed by atoms with Gasteiger partial charge in [-0.3, -0.25) is 4.79 Å². The average molecular weight is 499 g/mol. The highest BCUT2D eigenvalue weighted by atomic mass is 32.2. The molecule has 0 saturated carbocycles. The molecular formula is C27H22N4O4S. The van der Waals surface area contributed by atoms with E-state index in [1.807, 2.05) is 72.8 Å². The number of aromatic nitrogens is 3. The quantitative estimate of drug-likeness (QED) is 0.252. The monoisotopic (exact) mass is 498 g/mol. The van der Waals surface area contributed by atoms with Crippen LogP contribution < -0.4 is 10.1 Å². The first-order valence-corrected chi connectivity index (χ1v) is 12.2. The van der Waals surface area contributed by atoms with E-state index >= 15 is 0 Å². The number of anilines is 1. The van der Waals surface area contributed by atoms with Gasteiger partial charge in [-0.2, -0.15) is 4.98 Å². The molecule has 0 aliphatic heterocycles. The number of carbonyl (C=O) groups excluding carboxylic acids is 1. The Kier molecular flexibility index (Phi) is 7.09. The zero-order chi connectivity index (χ0) is 24.7. The van der Waals surface area contributed by atoms with Crippen LogP contribution in [0.3, 0.4) is 0 Å². The lowest BCUT2D eigenvalue weighted by molar-refractivity contribution is -0.115. The fraction of sp³-hybridized carbons (Fsp3) is 0.111. The van der Waals surface area contributed by atoms with Gasteiger partial charge in [0, 0.05) is 11.1 Å². The largest absolute Gasteiger partial charge is 0.495 e. The highest BCUT2D eigenvalue weighted by Gasteiger charge is 2.19. The number of oxazole rings is 1. The Hall–Kier alpha value is -4.37. The summed E-state index contributed by atoms with van der Waals surface area (Å²) >= 11 is 1.35. The van der Waals surface area contributed by atoms with E-state index in [2.05, 4.69) is 15.5 Å². The van der Waals surface area contributed by atoms with Crippen molar-refractivity contribution in [3.05, 3.63) is 96.6 Å². The zero-order valence-electron chi connectivity index (χ0n) is 19.4. The van der Waals surface area contributed by atoms with Crippen LogP contribution in [0.2, 0.25) is 0 Å². The highest BCUT2D eigenvalue weighted by molar-refractivity contribution is 7.98. The molecule has 0 saturated heterocycles. The lowest BCUT2D eigenvalue weighted by Crippen LogP contribution is -2.15. The number of benzene rings is 3. The Morgan fingerprint density at radius 3 is 2.36 bits per heavy atom. The lowest BCUT2D eigenvalue weighted by atomic mass is 10.1. The minimum atomic E-state index is -0.271. The van der Waals surface area contributed by atoms with Crippen LogP contribution in [0.15, 0.2) is 99.1 Å². The third-order valence-electron chi connectivity index (χ3n) is 5.22. The van der Waals surface area contributed by atoms with E-state index in [4.69, 9.17) is 18.7 Å². The number of ether oxygens (including phenoxy) is 1. The zero-order valence-corrected chi connectivity index (χ0v) is 20.2.